The molecule has 8 nitrogen and oxygen atoms in total. The largest absolute Gasteiger partial charge is 0.483 e. The summed E-state index contributed by atoms with van der Waals surface area (Å²) in [5, 5.41) is 9.39. The summed E-state index contributed by atoms with van der Waals surface area (Å²) in [6.07, 6.45) is 3.41. The maximum atomic E-state index is 13.8. The molecule has 240 valence electrons. The van der Waals surface area contributed by atoms with E-state index in [4.69, 9.17) is 4.74 Å². The minimum Gasteiger partial charge on any atom is -0.483 e. The van der Waals surface area contributed by atoms with E-state index in [1.54, 1.807) is 4.90 Å². The van der Waals surface area contributed by atoms with Crippen LogP contribution in [0, 0.1) is 19.8 Å². The molecule has 3 aromatic carbocycles. The number of aryl methyl sites for hydroxylation is 2. The number of urea groups is 1. The van der Waals surface area contributed by atoms with Crippen LogP contribution in [0.4, 0.5) is 4.79 Å². The molecule has 3 N–H and O–H groups in total. The van der Waals surface area contributed by atoms with E-state index in [1.165, 1.54) is 0 Å². The zero-order chi connectivity index (χ0) is 32.2. The summed E-state index contributed by atoms with van der Waals surface area (Å²) in [7, 11) is 0. The third-order valence-electron chi connectivity index (χ3n) is 8.33. The average molecular weight is 613 g/mol. The Kier molecular flexibility index (Phi) is 12.4. The van der Waals surface area contributed by atoms with Crippen molar-refractivity contribution in [3.05, 3.63) is 101 Å². The lowest BCUT2D eigenvalue weighted by Crippen LogP contribution is -2.59. The van der Waals surface area contributed by atoms with Gasteiger partial charge in [0.2, 0.25) is 5.91 Å². The number of carbonyl (C=O) groups excluding carboxylic acids is 3. The normalized spacial score (nSPS) is 15.1. The van der Waals surface area contributed by atoms with E-state index in [0.29, 0.717) is 38.8 Å². The maximum Gasteiger partial charge on any atom is 0.318 e. The highest BCUT2D eigenvalue weighted by Crippen LogP contribution is 2.22. The van der Waals surface area contributed by atoms with Gasteiger partial charge in [0.15, 0.2) is 6.61 Å². The molecule has 1 aliphatic heterocycles. The zero-order valence-corrected chi connectivity index (χ0v) is 27.1. The van der Waals surface area contributed by atoms with Gasteiger partial charge in [0.25, 0.3) is 5.91 Å². The summed E-state index contributed by atoms with van der Waals surface area (Å²) < 4.78 is 5.95. The maximum absolute atomic E-state index is 13.8. The molecule has 8 heteroatoms. The van der Waals surface area contributed by atoms with Gasteiger partial charge in [-0.05, 0) is 74.1 Å². The molecule has 0 spiro atoms. The number of carbonyl (C=O) groups is 3. The summed E-state index contributed by atoms with van der Waals surface area (Å²) >= 11 is 0. The van der Waals surface area contributed by atoms with Crippen molar-refractivity contribution in [2.75, 3.05) is 19.7 Å². The van der Waals surface area contributed by atoms with E-state index in [-0.39, 0.29) is 42.5 Å². The Bertz CT molecular complexity index is 1380. The van der Waals surface area contributed by atoms with Gasteiger partial charge in [0.05, 0.1) is 0 Å². The van der Waals surface area contributed by atoms with Crippen LogP contribution < -0.4 is 20.7 Å². The fourth-order valence-corrected chi connectivity index (χ4v) is 6.09. The minimum absolute atomic E-state index is 0.0479. The number of hydrogen-bond acceptors (Lipinski definition) is 4. The van der Waals surface area contributed by atoms with Gasteiger partial charge in [-0.25, -0.2) is 4.79 Å². The second-order valence-corrected chi connectivity index (χ2v) is 12.4. The Hall–Kier alpha value is -4.33. The predicted molar refractivity (Wildman–Crippen MR) is 178 cm³/mol. The number of nitrogens with one attached hydrogen (secondary N) is 3. The number of rotatable bonds is 15. The van der Waals surface area contributed by atoms with Gasteiger partial charge in [-0.2, -0.15) is 0 Å². The van der Waals surface area contributed by atoms with E-state index < -0.39 is 6.04 Å². The third-order valence-corrected chi connectivity index (χ3v) is 8.33. The fraction of sp³-hybridized carbons (Fsp3) is 0.432. The van der Waals surface area contributed by atoms with Gasteiger partial charge in [0.1, 0.15) is 11.8 Å². The molecule has 45 heavy (non-hydrogen) atoms. The van der Waals surface area contributed by atoms with Crippen molar-refractivity contribution < 1.29 is 19.1 Å². The van der Waals surface area contributed by atoms with Crippen LogP contribution >= 0.6 is 0 Å². The Labute approximate surface area is 267 Å². The smallest absolute Gasteiger partial charge is 0.318 e. The van der Waals surface area contributed by atoms with Crippen LogP contribution in [0.5, 0.6) is 5.75 Å². The third kappa shape index (κ3) is 10.1. The van der Waals surface area contributed by atoms with Gasteiger partial charge >= 0.3 is 6.03 Å². The molecule has 0 saturated carbocycles. The van der Waals surface area contributed by atoms with Crippen molar-refractivity contribution in [1.29, 1.82) is 0 Å². The van der Waals surface area contributed by atoms with Gasteiger partial charge in [0, 0.05) is 25.2 Å². The van der Waals surface area contributed by atoms with Crippen LogP contribution in [0.2, 0.25) is 0 Å². The molecule has 3 aromatic rings. The molecule has 0 aliphatic carbocycles. The molecular formula is C37H48N4O4. The van der Waals surface area contributed by atoms with E-state index in [2.05, 4.69) is 40.2 Å². The molecule has 1 aliphatic rings. The van der Waals surface area contributed by atoms with Crippen LogP contribution in [0.25, 0.3) is 0 Å². The van der Waals surface area contributed by atoms with Crippen molar-refractivity contribution in [2.45, 2.75) is 77.9 Å². The topological polar surface area (TPSA) is 99.8 Å². The highest BCUT2D eigenvalue weighted by atomic mass is 16.5. The lowest BCUT2D eigenvalue weighted by atomic mass is 9.94. The number of hydrogen-bond donors (Lipinski definition) is 3. The second kappa shape index (κ2) is 16.7. The molecule has 1 fully saturated rings. The molecular weight excluding hydrogens is 564 g/mol. The molecule has 4 rings (SSSR count). The molecule has 1 saturated heterocycles. The predicted octanol–water partition coefficient (Wildman–Crippen LogP) is 5.36. The van der Waals surface area contributed by atoms with Crippen LogP contribution in [-0.2, 0) is 22.4 Å². The molecule has 0 bridgehead atoms. The fourth-order valence-electron chi connectivity index (χ4n) is 6.09. The van der Waals surface area contributed by atoms with Gasteiger partial charge < -0.3 is 25.6 Å². The Morgan fingerprint density at radius 3 is 1.91 bits per heavy atom. The molecule has 2 unspecified atom stereocenters. The second-order valence-electron chi connectivity index (χ2n) is 12.4. The summed E-state index contributed by atoms with van der Waals surface area (Å²) in [6, 6.07) is 25.0. The SMILES string of the molecule is Cc1cccc(C)c1OCC(=O)NC(CC[C@H](Cc1ccccc1)NC(=O)C(C(C)C)N1CCCNC1=O)Cc1ccccc1. The number of ether oxygens (including phenoxy) is 1. The Morgan fingerprint density at radius 1 is 0.822 bits per heavy atom. The van der Waals surface area contributed by atoms with Crippen molar-refractivity contribution in [3.63, 3.8) is 0 Å². The first-order chi connectivity index (χ1) is 21.7. The van der Waals surface area contributed by atoms with E-state index >= 15 is 0 Å². The van der Waals surface area contributed by atoms with E-state index in [1.807, 2.05) is 82.3 Å². The average Bonchev–Trinajstić information content (AvgIpc) is 3.01. The quantitative estimate of drug-likeness (QED) is 0.215. The van der Waals surface area contributed by atoms with Crippen molar-refractivity contribution in [3.8, 4) is 5.75 Å². The van der Waals surface area contributed by atoms with Gasteiger partial charge in [-0.3, -0.25) is 9.59 Å². The Morgan fingerprint density at radius 2 is 1.38 bits per heavy atom. The highest BCUT2D eigenvalue weighted by Gasteiger charge is 2.34. The van der Waals surface area contributed by atoms with Crippen LogP contribution in [0.15, 0.2) is 78.9 Å². The molecule has 3 atom stereocenters. The van der Waals surface area contributed by atoms with Gasteiger partial charge in [-0.15, -0.1) is 0 Å². The van der Waals surface area contributed by atoms with Crippen molar-refractivity contribution in [1.82, 2.24) is 20.9 Å². The van der Waals surface area contributed by atoms with Gasteiger partial charge in [-0.1, -0.05) is 92.7 Å². The summed E-state index contributed by atoms with van der Waals surface area (Å²) in [5.74, 6) is 0.361. The van der Waals surface area contributed by atoms with Crippen LogP contribution in [-0.4, -0.2) is 60.6 Å². The monoisotopic (exact) mass is 612 g/mol. The molecule has 0 radical (unpaired) electrons. The molecule has 1 heterocycles. The number of benzene rings is 3. The Balaban J connectivity index is 1.48. The summed E-state index contributed by atoms with van der Waals surface area (Å²) in [6.45, 7) is 9.01. The lowest BCUT2D eigenvalue weighted by molar-refractivity contribution is -0.128. The highest BCUT2D eigenvalue weighted by molar-refractivity contribution is 5.87. The number of amides is 4. The summed E-state index contributed by atoms with van der Waals surface area (Å²) in [4.78, 5) is 41.3. The number of para-hydroxylation sites is 1. The van der Waals surface area contributed by atoms with Crippen molar-refractivity contribution in [2.24, 2.45) is 5.92 Å². The zero-order valence-electron chi connectivity index (χ0n) is 27.1. The first-order valence-electron chi connectivity index (χ1n) is 16.1. The lowest BCUT2D eigenvalue weighted by Gasteiger charge is -2.37. The van der Waals surface area contributed by atoms with E-state index in [0.717, 1.165) is 34.4 Å². The first kappa shape index (κ1) is 33.6. The number of nitrogens with zero attached hydrogens (tertiary/aromatic N) is 1. The van der Waals surface area contributed by atoms with E-state index in [9.17, 15) is 14.4 Å². The van der Waals surface area contributed by atoms with Crippen LogP contribution in [0.1, 0.15) is 55.4 Å². The minimum atomic E-state index is -0.564. The first-order valence-corrected chi connectivity index (χ1v) is 16.1. The standard InChI is InChI=1S/C37H48N4O4/c1-26(2)34(41-22-12-21-38-37(41)44)36(43)40-32(24-30-17-9-6-10-18-30)20-19-31(23-29-15-7-5-8-16-29)39-33(42)25-45-35-27(3)13-11-14-28(35)4/h5-11,13-18,26,31-32,34H,12,19-25H2,1-4H3,(H,38,44)(H,39,42)(H,40,43)/t31?,32-,34?/m1/s1. The van der Waals surface area contributed by atoms with Crippen molar-refractivity contribution >= 4 is 17.8 Å². The molecule has 0 aromatic heterocycles. The molecule has 4 amide bonds. The van der Waals surface area contributed by atoms with Crippen LogP contribution in [0.3, 0.4) is 0 Å². The summed E-state index contributed by atoms with van der Waals surface area (Å²) in [5.41, 5.74) is 4.22.